The Labute approximate surface area is 166 Å². The maximum atomic E-state index is 3.89. The number of hydrogen-bond acceptors (Lipinski definition) is 1. The fourth-order valence-corrected chi connectivity index (χ4v) is 3.18. The summed E-state index contributed by atoms with van der Waals surface area (Å²) in [6.45, 7) is 4.53. The van der Waals surface area contributed by atoms with Crippen LogP contribution >= 0.6 is 0 Å². The van der Waals surface area contributed by atoms with Gasteiger partial charge in [-0.15, -0.1) is 0 Å². The summed E-state index contributed by atoms with van der Waals surface area (Å²) in [5.74, 6) is 0. The van der Waals surface area contributed by atoms with Crippen LogP contribution in [0.3, 0.4) is 0 Å². The van der Waals surface area contributed by atoms with Crippen molar-refractivity contribution in [3.63, 3.8) is 0 Å². The first kappa shape index (κ1) is 21.2. The van der Waals surface area contributed by atoms with Crippen molar-refractivity contribution in [2.45, 2.75) is 64.5 Å². The lowest BCUT2D eigenvalue weighted by Gasteiger charge is -2.22. The van der Waals surface area contributed by atoms with Gasteiger partial charge in [0, 0.05) is 12.1 Å². The fourth-order valence-electron chi connectivity index (χ4n) is 3.18. The Kier molecular flexibility index (Phi) is 10.3. The van der Waals surface area contributed by atoms with Crippen LogP contribution in [0.5, 0.6) is 0 Å². The molecule has 144 valence electrons. The van der Waals surface area contributed by atoms with Gasteiger partial charge in [-0.05, 0) is 24.0 Å². The third-order valence-electron chi connectivity index (χ3n) is 4.81. The molecule has 0 aliphatic rings. The predicted octanol–water partition coefficient (Wildman–Crippen LogP) is 7.12. The molecular formula is C26H35N. The molecule has 2 rings (SSSR count). The van der Waals surface area contributed by atoms with Crippen LogP contribution in [0, 0.1) is 0 Å². The molecule has 2 aromatic carbocycles. The van der Waals surface area contributed by atoms with Gasteiger partial charge in [0.1, 0.15) is 0 Å². The van der Waals surface area contributed by atoms with Crippen LogP contribution in [0.25, 0.3) is 12.2 Å². The number of nitrogens with one attached hydrogen (secondary N) is 1. The molecule has 1 nitrogen and oxygen atoms in total. The first-order valence-electron chi connectivity index (χ1n) is 10.5. The van der Waals surface area contributed by atoms with Gasteiger partial charge in [-0.1, -0.05) is 124 Å². The summed E-state index contributed by atoms with van der Waals surface area (Å²) in [7, 11) is 0. The van der Waals surface area contributed by atoms with E-state index in [0.717, 1.165) is 0 Å². The summed E-state index contributed by atoms with van der Waals surface area (Å²) in [4.78, 5) is 0. The molecule has 0 saturated heterocycles. The Morgan fingerprint density at radius 1 is 0.667 bits per heavy atom. The van der Waals surface area contributed by atoms with Gasteiger partial charge in [0.25, 0.3) is 0 Å². The maximum absolute atomic E-state index is 3.89. The minimum Gasteiger partial charge on any atom is -0.304 e. The number of rotatable bonds is 12. The van der Waals surface area contributed by atoms with E-state index in [-0.39, 0.29) is 0 Å². The molecule has 1 heteroatoms. The van der Waals surface area contributed by atoms with E-state index in [1.165, 1.54) is 49.7 Å². The van der Waals surface area contributed by atoms with E-state index in [4.69, 9.17) is 0 Å². The molecule has 0 saturated carbocycles. The highest BCUT2D eigenvalue weighted by Crippen LogP contribution is 2.12. The second-order valence-electron chi connectivity index (χ2n) is 7.20. The molecule has 0 bridgehead atoms. The van der Waals surface area contributed by atoms with Crippen LogP contribution in [0.1, 0.15) is 63.5 Å². The van der Waals surface area contributed by atoms with Crippen LogP contribution in [0.4, 0.5) is 0 Å². The molecule has 0 fully saturated rings. The van der Waals surface area contributed by atoms with Crippen molar-refractivity contribution in [3.05, 3.63) is 83.9 Å². The Morgan fingerprint density at radius 3 is 1.44 bits per heavy atom. The van der Waals surface area contributed by atoms with E-state index in [1.54, 1.807) is 0 Å². The minimum absolute atomic E-state index is 0.410. The highest BCUT2D eigenvalue weighted by atomic mass is 14.9. The van der Waals surface area contributed by atoms with E-state index in [1.807, 2.05) is 0 Å². The summed E-state index contributed by atoms with van der Waals surface area (Å²) in [5.41, 5.74) is 2.54. The zero-order valence-corrected chi connectivity index (χ0v) is 17.0. The average molecular weight is 362 g/mol. The third kappa shape index (κ3) is 8.88. The number of benzene rings is 2. The molecule has 0 amide bonds. The van der Waals surface area contributed by atoms with E-state index < -0.39 is 0 Å². The van der Waals surface area contributed by atoms with Crippen molar-refractivity contribution in [3.8, 4) is 0 Å². The molecule has 0 radical (unpaired) electrons. The average Bonchev–Trinajstić information content (AvgIpc) is 2.73. The van der Waals surface area contributed by atoms with Crippen LogP contribution in [0.15, 0.2) is 72.8 Å². The molecule has 1 N–H and O–H groups in total. The molecule has 0 spiro atoms. The molecule has 0 heterocycles. The lowest BCUT2D eigenvalue weighted by atomic mass is 10.0. The Balaban J connectivity index is 2.05. The molecule has 2 atom stereocenters. The van der Waals surface area contributed by atoms with Crippen LogP contribution in [-0.4, -0.2) is 12.1 Å². The fraction of sp³-hybridized carbons (Fsp3) is 0.385. The second-order valence-corrected chi connectivity index (χ2v) is 7.20. The molecule has 27 heavy (non-hydrogen) atoms. The molecule has 0 aliphatic heterocycles. The summed E-state index contributed by atoms with van der Waals surface area (Å²) >= 11 is 0. The van der Waals surface area contributed by atoms with Crippen LogP contribution in [-0.2, 0) is 0 Å². The molecule has 2 unspecified atom stereocenters. The van der Waals surface area contributed by atoms with Crippen LogP contribution in [0.2, 0.25) is 0 Å². The largest absolute Gasteiger partial charge is 0.304 e. The molecule has 2 aromatic rings. The SMILES string of the molecule is CCCCC(C=Cc1ccccc1)NC(C=Cc1ccccc1)CCCC. The van der Waals surface area contributed by atoms with Crippen molar-refractivity contribution in [1.82, 2.24) is 5.32 Å². The molecule has 0 aromatic heterocycles. The van der Waals surface area contributed by atoms with Crippen molar-refractivity contribution in [2.24, 2.45) is 0 Å². The van der Waals surface area contributed by atoms with Gasteiger partial charge in [0.2, 0.25) is 0 Å². The number of hydrogen-bond donors (Lipinski definition) is 1. The summed E-state index contributed by atoms with van der Waals surface area (Å²) < 4.78 is 0. The van der Waals surface area contributed by atoms with E-state index >= 15 is 0 Å². The summed E-state index contributed by atoms with van der Waals surface area (Å²) in [6.07, 6.45) is 16.5. The third-order valence-corrected chi connectivity index (χ3v) is 4.81. The van der Waals surface area contributed by atoms with Crippen molar-refractivity contribution >= 4 is 12.2 Å². The molecular weight excluding hydrogens is 326 g/mol. The predicted molar refractivity (Wildman–Crippen MR) is 121 cm³/mol. The normalized spacial score (nSPS) is 14.0. The zero-order chi connectivity index (χ0) is 19.2. The molecule has 0 aliphatic carbocycles. The van der Waals surface area contributed by atoms with E-state index in [0.29, 0.717) is 12.1 Å². The summed E-state index contributed by atoms with van der Waals surface area (Å²) in [6, 6.07) is 22.0. The summed E-state index contributed by atoms with van der Waals surface area (Å²) in [5, 5.41) is 3.89. The highest BCUT2D eigenvalue weighted by Gasteiger charge is 2.10. The Morgan fingerprint density at radius 2 is 1.07 bits per heavy atom. The monoisotopic (exact) mass is 361 g/mol. The first-order chi connectivity index (χ1) is 13.3. The van der Waals surface area contributed by atoms with Crippen molar-refractivity contribution < 1.29 is 0 Å². The van der Waals surface area contributed by atoms with E-state index in [2.05, 4.69) is 104 Å². The smallest absolute Gasteiger partial charge is 0.0258 e. The van der Waals surface area contributed by atoms with E-state index in [9.17, 15) is 0 Å². The number of unbranched alkanes of at least 4 members (excludes halogenated alkanes) is 2. The maximum Gasteiger partial charge on any atom is 0.0258 e. The lowest BCUT2D eigenvalue weighted by molar-refractivity contribution is 0.464. The topological polar surface area (TPSA) is 12.0 Å². The van der Waals surface area contributed by atoms with Crippen LogP contribution < -0.4 is 5.32 Å². The van der Waals surface area contributed by atoms with Crippen molar-refractivity contribution in [2.75, 3.05) is 0 Å². The lowest BCUT2D eigenvalue weighted by Crippen LogP contribution is -2.36. The Hall–Kier alpha value is -2.12. The Bertz CT molecular complexity index is 598. The second kappa shape index (κ2) is 13.1. The van der Waals surface area contributed by atoms with Gasteiger partial charge in [0.15, 0.2) is 0 Å². The highest BCUT2D eigenvalue weighted by molar-refractivity contribution is 5.50. The van der Waals surface area contributed by atoms with Gasteiger partial charge in [0.05, 0.1) is 0 Å². The van der Waals surface area contributed by atoms with Gasteiger partial charge in [-0.2, -0.15) is 0 Å². The standard InChI is InChI=1S/C26H35N/c1-3-5-17-25(21-19-23-13-9-7-10-14-23)27-26(18-6-4-2)22-20-24-15-11-8-12-16-24/h7-16,19-22,25-27H,3-6,17-18H2,1-2H3. The van der Waals surface area contributed by atoms with Gasteiger partial charge in [-0.25, -0.2) is 0 Å². The van der Waals surface area contributed by atoms with Gasteiger partial charge in [-0.3, -0.25) is 0 Å². The van der Waals surface area contributed by atoms with Gasteiger partial charge >= 0.3 is 0 Å². The van der Waals surface area contributed by atoms with Gasteiger partial charge < -0.3 is 5.32 Å². The van der Waals surface area contributed by atoms with Crippen molar-refractivity contribution in [1.29, 1.82) is 0 Å². The zero-order valence-electron chi connectivity index (χ0n) is 17.0. The quantitative estimate of drug-likeness (QED) is 0.424. The first-order valence-corrected chi connectivity index (χ1v) is 10.5. The minimum atomic E-state index is 0.410.